The maximum absolute atomic E-state index is 13.5. The van der Waals surface area contributed by atoms with Gasteiger partial charge in [0, 0.05) is 23.3 Å². The third-order valence-electron chi connectivity index (χ3n) is 5.16. The van der Waals surface area contributed by atoms with Crippen LogP contribution in [0.5, 0.6) is 0 Å². The predicted octanol–water partition coefficient (Wildman–Crippen LogP) is 2.81. The highest BCUT2D eigenvalue weighted by Crippen LogP contribution is 2.34. The van der Waals surface area contributed by atoms with Gasteiger partial charge in [0.25, 0.3) is 11.7 Å². The number of nitrogens with two attached hydrogens (primary N) is 1. The molecule has 0 spiro atoms. The Kier molecular flexibility index (Phi) is 4.68. The third kappa shape index (κ3) is 3.47. The highest BCUT2D eigenvalue weighted by Gasteiger charge is 2.29. The van der Waals surface area contributed by atoms with Crippen LogP contribution in [0.2, 0.25) is 0 Å². The molecule has 9 heteroatoms. The van der Waals surface area contributed by atoms with Gasteiger partial charge in [-0.1, -0.05) is 26.8 Å². The third-order valence-corrected chi connectivity index (χ3v) is 5.16. The average Bonchev–Trinajstić information content (AvgIpc) is 3.05. The van der Waals surface area contributed by atoms with Crippen molar-refractivity contribution in [3.05, 3.63) is 47.0 Å². The van der Waals surface area contributed by atoms with Crippen molar-refractivity contribution in [1.29, 1.82) is 0 Å². The number of carbonyl (C=O) groups is 2. The quantitative estimate of drug-likeness (QED) is 0.677. The second-order valence-electron chi connectivity index (χ2n) is 8.50. The molecule has 9 nitrogen and oxygen atoms in total. The summed E-state index contributed by atoms with van der Waals surface area (Å²) in [6.07, 6.45) is 1.52. The van der Waals surface area contributed by atoms with E-state index in [2.05, 4.69) is 41.2 Å². The van der Waals surface area contributed by atoms with Crippen molar-refractivity contribution in [2.24, 2.45) is 5.73 Å². The molecule has 4 rings (SSSR count). The molecule has 30 heavy (non-hydrogen) atoms. The van der Waals surface area contributed by atoms with Crippen molar-refractivity contribution < 1.29 is 9.59 Å². The Morgan fingerprint density at radius 1 is 1.20 bits per heavy atom. The topological polar surface area (TPSA) is 119 Å². The maximum Gasteiger partial charge on any atom is 0.316 e. The van der Waals surface area contributed by atoms with Crippen molar-refractivity contribution in [2.75, 3.05) is 16.8 Å². The average molecular weight is 407 g/mol. The van der Waals surface area contributed by atoms with Crippen LogP contribution in [-0.4, -0.2) is 38.1 Å². The molecule has 156 valence electrons. The summed E-state index contributed by atoms with van der Waals surface area (Å²) in [6.45, 7) is 8.55. The van der Waals surface area contributed by atoms with Crippen LogP contribution >= 0.6 is 0 Å². The lowest BCUT2D eigenvalue weighted by atomic mass is 9.91. The number of urea groups is 1. The number of rotatable bonds is 2. The summed E-state index contributed by atoms with van der Waals surface area (Å²) in [5, 5.41) is 7.09. The van der Waals surface area contributed by atoms with Gasteiger partial charge >= 0.3 is 6.03 Å². The van der Waals surface area contributed by atoms with Crippen molar-refractivity contribution in [2.45, 2.75) is 46.0 Å². The lowest BCUT2D eigenvalue weighted by Crippen LogP contribution is -2.37. The first kappa shape index (κ1) is 19.8. The molecule has 3 heterocycles. The maximum atomic E-state index is 13.5. The monoisotopic (exact) mass is 407 g/mol. The lowest BCUT2D eigenvalue weighted by molar-refractivity contribution is 0.0980. The second-order valence-corrected chi connectivity index (χ2v) is 8.50. The van der Waals surface area contributed by atoms with Gasteiger partial charge in [-0.05, 0) is 43.5 Å². The molecule has 3 amide bonds. The number of aryl methyl sites for hydroxylation is 1. The van der Waals surface area contributed by atoms with Gasteiger partial charge in [0.15, 0.2) is 0 Å². The van der Waals surface area contributed by atoms with Crippen LogP contribution in [-0.2, 0) is 11.8 Å². The largest absolute Gasteiger partial charge is 0.351 e. The molecular weight excluding hydrogens is 382 g/mol. The van der Waals surface area contributed by atoms with Gasteiger partial charge in [-0.25, -0.2) is 14.3 Å². The highest BCUT2D eigenvalue weighted by molar-refractivity contribution is 6.06. The number of primary amides is 1. The van der Waals surface area contributed by atoms with Crippen LogP contribution in [0.4, 0.5) is 16.2 Å². The molecule has 3 N–H and O–H groups in total. The zero-order valence-corrected chi connectivity index (χ0v) is 17.6. The van der Waals surface area contributed by atoms with Gasteiger partial charge in [0.05, 0.1) is 5.69 Å². The number of nitrogens with zero attached hydrogens (tertiary/aromatic N) is 5. The normalized spacial score (nSPS) is 13.9. The molecule has 0 saturated carbocycles. The number of aromatic nitrogens is 4. The van der Waals surface area contributed by atoms with Crippen molar-refractivity contribution in [3.63, 3.8) is 0 Å². The fourth-order valence-corrected chi connectivity index (χ4v) is 3.84. The summed E-state index contributed by atoms with van der Waals surface area (Å²) in [4.78, 5) is 35.5. The smallest absolute Gasteiger partial charge is 0.316 e. The van der Waals surface area contributed by atoms with Crippen LogP contribution in [0.25, 0.3) is 5.78 Å². The summed E-state index contributed by atoms with van der Waals surface area (Å²) in [5.41, 5.74) is 8.51. The number of fused-ring (bicyclic) bond motifs is 2. The molecule has 1 aromatic carbocycles. The standard InChI is InChI=1S/C21H25N7O2/c1-12-23-20-25-15(11-17(21(2,3)4)28(20)26-12)18(29)27-10-6-7-13-14(24-19(22)30)8-5-9-16(13)27/h5,8-9,11H,6-7,10H2,1-4H3,(H3,22,24,30). The Balaban J connectivity index is 1.80. The number of carbonyl (C=O) groups excluding carboxylic acids is 2. The summed E-state index contributed by atoms with van der Waals surface area (Å²) in [7, 11) is 0. The van der Waals surface area contributed by atoms with Gasteiger partial charge in [0.1, 0.15) is 11.5 Å². The Morgan fingerprint density at radius 3 is 2.67 bits per heavy atom. The SMILES string of the molecule is Cc1nc2nc(C(=O)N3CCCc4c(NC(N)=O)cccc43)cc(C(C)(C)C)n2n1. The first-order valence-electron chi connectivity index (χ1n) is 9.90. The molecule has 0 bridgehead atoms. The summed E-state index contributed by atoms with van der Waals surface area (Å²) < 4.78 is 1.70. The van der Waals surface area contributed by atoms with Gasteiger partial charge in [0.2, 0.25) is 0 Å². The van der Waals surface area contributed by atoms with E-state index in [1.807, 2.05) is 6.07 Å². The molecule has 1 aliphatic heterocycles. The van der Waals surface area contributed by atoms with E-state index in [9.17, 15) is 9.59 Å². The minimum Gasteiger partial charge on any atom is -0.351 e. The van der Waals surface area contributed by atoms with E-state index in [-0.39, 0.29) is 11.3 Å². The zero-order valence-electron chi connectivity index (χ0n) is 17.6. The number of amides is 3. The van der Waals surface area contributed by atoms with E-state index in [0.717, 1.165) is 29.8 Å². The molecule has 0 aliphatic carbocycles. The Bertz CT molecular complexity index is 1160. The number of hydrogen-bond acceptors (Lipinski definition) is 5. The van der Waals surface area contributed by atoms with Crippen LogP contribution < -0.4 is 16.0 Å². The number of benzene rings is 1. The Labute approximate surface area is 174 Å². The minimum atomic E-state index is -0.629. The van der Waals surface area contributed by atoms with E-state index in [0.29, 0.717) is 29.5 Å². The molecule has 0 unspecified atom stereocenters. The zero-order chi connectivity index (χ0) is 21.6. The van der Waals surface area contributed by atoms with Crippen molar-refractivity contribution in [1.82, 2.24) is 19.6 Å². The number of nitrogens with one attached hydrogen (secondary N) is 1. The Morgan fingerprint density at radius 2 is 1.97 bits per heavy atom. The molecule has 0 radical (unpaired) electrons. The van der Waals surface area contributed by atoms with Gasteiger partial charge in [-0.15, -0.1) is 0 Å². The van der Waals surface area contributed by atoms with Crippen LogP contribution in [0.1, 0.15) is 54.8 Å². The fourth-order valence-electron chi connectivity index (χ4n) is 3.84. The first-order chi connectivity index (χ1) is 14.1. The molecule has 0 atom stereocenters. The molecule has 0 fully saturated rings. The second kappa shape index (κ2) is 7.08. The minimum absolute atomic E-state index is 0.208. The molecule has 3 aromatic rings. The number of anilines is 2. The molecule has 0 saturated heterocycles. The molecule has 1 aliphatic rings. The first-order valence-corrected chi connectivity index (χ1v) is 9.90. The number of hydrogen-bond donors (Lipinski definition) is 2. The molecular formula is C21H25N7O2. The van der Waals surface area contributed by atoms with Crippen LogP contribution in [0.15, 0.2) is 24.3 Å². The summed E-state index contributed by atoms with van der Waals surface area (Å²) in [5.74, 6) is 0.800. The fraction of sp³-hybridized carbons (Fsp3) is 0.381. The van der Waals surface area contributed by atoms with Crippen molar-refractivity contribution in [3.8, 4) is 0 Å². The van der Waals surface area contributed by atoms with E-state index >= 15 is 0 Å². The van der Waals surface area contributed by atoms with E-state index in [1.165, 1.54) is 0 Å². The van der Waals surface area contributed by atoms with Gasteiger partial charge < -0.3 is 16.0 Å². The Hall–Kier alpha value is -3.49. The van der Waals surface area contributed by atoms with Crippen LogP contribution in [0.3, 0.4) is 0 Å². The van der Waals surface area contributed by atoms with E-state index in [4.69, 9.17) is 5.73 Å². The van der Waals surface area contributed by atoms with Gasteiger partial charge in [-0.2, -0.15) is 10.1 Å². The predicted molar refractivity (Wildman–Crippen MR) is 114 cm³/mol. The van der Waals surface area contributed by atoms with E-state index in [1.54, 1.807) is 34.5 Å². The van der Waals surface area contributed by atoms with Crippen LogP contribution in [0, 0.1) is 6.92 Å². The highest BCUT2D eigenvalue weighted by atomic mass is 16.2. The summed E-state index contributed by atoms with van der Waals surface area (Å²) in [6, 6.07) is 6.63. The molecule has 2 aromatic heterocycles. The van der Waals surface area contributed by atoms with Crippen molar-refractivity contribution >= 4 is 29.1 Å². The van der Waals surface area contributed by atoms with Gasteiger partial charge in [-0.3, -0.25) is 4.79 Å². The lowest BCUT2D eigenvalue weighted by Gasteiger charge is -2.31. The van der Waals surface area contributed by atoms with E-state index < -0.39 is 6.03 Å². The summed E-state index contributed by atoms with van der Waals surface area (Å²) >= 11 is 0.